The molecule has 0 amide bonds. The number of aromatic nitrogens is 4. The van der Waals surface area contributed by atoms with Crippen LogP contribution in [0.3, 0.4) is 0 Å². The molecule has 0 atom stereocenters. The zero-order valence-corrected chi connectivity index (χ0v) is 21.8. The molecule has 0 radical (unpaired) electrons. The minimum Gasteiger partial charge on any atom is -0.490 e. The summed E-state index contributed by atoms with van der Waals surface area (Å²) in [5.41, 5.74) is 6.60. The van der Waals surface area contributed by atoms with E-state index in [1.807, 2.05) is 51.7 Å². The molecule has 37 heavy (non-hydrogen) atoms. The van der Waals surface area contributed by atoms with Gasteiger partial charge in [-0.2, -0.15) is 5.10 Å². The van der Waals surface area contributed by atoms with Gasteiger partial charge in [-0.15, -0.1) is 0 Å². The molecule has 0 bridgehead atoms. The molecule has 6 rings (SSSR count). The number of hydrogen-bond donors (Lipinski definition) is 0. The molecule has 192 valence electrons. The van der Waals surface area contributed by atoms with Crippen LogP contribution in [0.15, 0.2) is 47.7 Å². The molecule has 0 aliphatic carbocycles. The maximum Gasteiger partial charge on any atom is 0.253 e. The van der Waals surface area contributed by atoms with Crippen LogP contribution in [0.4, 0.5) is 17.1 Å². The summed E-state index contributed by atoms with van der Waals surface area (Å²) >= 11 is 0. The standard InChI is InChI=1S/C28H32N6O3/c1-18-11-22-24(33(4)28(18)35)12-21(37-20-5-9-36-10-6-20)13-25(22)34-8-7-31(2)26-14-23(29-16-27(26)34)19-15-30-32(3)17-19/h11-17,20H,5-10H2,1-4H3. The average molecular weight is 501 g/mol. The van der Waals surface area contributed by atoms with Crippen molar-refractivity contribution in [1.82, 2.24) is 19.3 Å². The molecule has 3 aromatic heterocycles. The fourth-order valence-corrected chi connectivity index (χ4v) is 5.36. The van der Waals surface area contributed by atoms with Gasteiger partial charge in [0.2, 0.25) is 0 Å². The van der Waals surface area contributed by atoms with Crippen LogP contribution < -0.4 is 20.1 Å². The van der Waals surface area contributed by atoms with Crippen molar-refractivity contribution in [3.05, 3.63) is 58.8 Å². The summed E-state index contributed by atoms with van der Waals surface area (Å²) in [5.74, 6) is 0.772. The van der Waals surface area contributed by atoms with Crippen molar-refractivity contribution >= 4 is 28.0 Å². The fourth-order valence-electron chi connectivity index (χ4n) is 5.36. The number of likely N-dealkylation sites (N-methyl/N-ethyl adjacent to an activating group) is 1. The zero-order chi connectivity index (χ0) is 25.7. The largest absolute Gasteiger partial charge is 0.490 e. The number of aryl methyl sites for hydroxylation is 3. The number of benzene rings is 1. The zero-order valence-electron chi connectivity index (χ0n) is 21.8. The first kappa shape index (κ1) is 23.5. The number of pyridine rings is 2. The molecule has 4 aromatic rings. The molecule has 0 spiro atoms. The Balaban J connectivity index is 1.49. The molecule has 5 heterocycles. The number of ether oxygens (including phenoxy) is 2. The highest BCUT2D eigenvalue weighted by atomic mass is 16.5. The Bertz CT molecular complexity index is 1540. The van der Waals surface area contributed by atoms with Crippen LogP contribution in [0.1, 0.15) is 18.4 Å². The van der Waals surface area contributed by atoms with E-state index in [4.69, 9.17) is 14.5 Å². The first-order chi connectivity index (χ1) is 17.9. The highest BCUT2D eigenvalue weighted by Crippen LogP contribution is 2.42. The summed E-state index contributed by atoms with van der Waals surface area (Å²) in [6.07, 6.45) is 7.58. The second-order valence-electron chi connectivity index (χ2n) is 10.0. The van der Waals surface area contributed by atoms with Gasteiger partial charge in [-0.25, -0.2) is 0 Å². The van der Waals surface area contributed by atoms with Crippen molar-refractivity contribution < 1.29 is 9.47 Å². The van der Waals surface area contributed by atoms with E-state index >= 15 is 0 Å². The normalized spacial score (nSPS) is 16.3. The molecule has 1 fully saturated rings. The van der Waals surface area contributed by atoms with Crippen molar-refractivity contribution in [3.63, 3.8) is 0 Å². The molecule has 9 nitrogen and oxygen atoms in total. The maximum atomic E-state index is 12.9. The molecule has 1 saturated heterocycles. The number of rotatable bonds is 4. The van der Waals surface area contributed by atoms with Crippen LogP contribution in [-0.2, 0) is 18.8 Å². The predicted octanol–water partition coefficient (Wildman–Crippen LogP) is 3.79. The topological polar surface area (TPSA) is 77.7 Å². The summed E-state index contributed by atoms with van der Waals surface area (Å²) in [5, 5.41) is 5.32. The molecular weight excluding hydrogens is 468 g/mol. The first-order valence-electron chi connectivity index (χ1n) is 12.8. The molecule has 1 aromatic carbocycles. The Hall–Kier alpha value is -3.85. The van der Waals surface area contributed by atoms with Gasteiger partial charge in [-0.3, -0.25) is 14.5 Å². The summed E-state index contributed by atoms with van der Waals surface area (Å²) < 4.78 is 15.5. The molecule has 2 aliphatic heterocycles. The lowest BCUT2D eigenvalue weighted by atomic mass is 10.1. The second-order valence-corrected chi connectivity index (χ2v) is 10.0. The third-order valence-electron chi connectivity index (χ3n) is 7.46. The third kappa shape index (κ3) is 4.23. The van der Waals surface area contributed by atoms with E-state index in [9.17, 15) is 4.79 Å². The SMILES string of the molecule is Cc1cc2c(N3CCN(C)c4cc(-c5cnn(C)c5)ncc43)cc(OC3CCOCC3)cc2n(C)c1=O. The summed E-state index contributed by atoms with van der Waals surface area (Å²) in [6.45, 7) is 4.92. The third-order valence-corrected chi connectivity index (χ3v) is 7.46. The van der Waals surface area contributed by atoms with Crippen molar-refractivity contribution in [2.45, 2.75) is 25.9 Å². The number of fused-ring (bicyclic) bond motifs is 2. The van der Waals surface area contributed by atoms with Crippen molar-refractivity contribution in [2.24, 2.45) is 14.1 Å². The van der Waals surface area contributed by atoms with Crippen LogP contribution in [0.5, 0.6) is 5.75 Å². The van der Waals surface area contributed by atoms with Gasteiger partial charge in [0.1, 0.15) is 11.9 Å². The molecular formula is C28H32N6O3. The van der Waals surface area contributed by atoms with Crippen LogP contribution in [0.25, 0.3) is 22.2 Å². The number of nitrogens with zero attached hydrogens (tertiary/aromatic N) is 6. The van der Waals surface area contributed by atoms with E-state index in [1.165, 1.54) is 0 Å². The van der Waals surface area contributed by atoms with Gasteiger partial charge >= 0.3 is 0 Å². The lowest BCUT2D eigenvalue weighted by Crippen LogP contribution is -2.37. The minimum atomic E-state index is 0.00298. The van der Waals surface area contributed by atoms with Gasteiger partial charge in [0, 0.05) is 81.9 Å². The Kier molecular flexibility index (Phi) is 5.87. The summed E-state index contributed by atoms with van der Waals surface area (Å²) in [7, 11) is 5.85. The van der Waals surface area contributed by atoms with Crippen LogP contribution >= 0.6 is 0 Å². The highest BCUT2D eigenvalue weighted by Gasteiger charge is 2.26. The minimum absolute atomic E-state index is 0.00298. The predicted molar refractivity (Wildman–Crippen MR) is 145 cm³/mol. The van der Waals surface area contributed by atoms with Crippen molar-refractivity contribution in [1.29, 1.82) is 0 Å². The van der Waals surface area contributed by atoms with Gasteiger partial charge in [-0.05, 0) is 19.1 Å². The quantitative estimate of drug-likeness (QED) is 0.422. The Morgan fingerprint density at radius 2 is 1.78 bits per heavy atom. The van der Waals surface area contributed by atoms with E-state index in [0.29, 0.717) is 18.8 Å². The maximum absolute atomic E-state index is 12.9. The van der Waals surface area contributed by atoms with E-state index in [1.54, 1.807) is 9.25 Å². The van der Waals surface area contributed by atoms with Gasteiger partial charge < -0.3 is 23.8 Å². The lowest BCUT2D eigenvalue weighted by Gasteiger charge is -2.37. The number of anilines is 3. The summed E-state index contributed by atoms with van der Waals surface area (Å²) in [6, 6.07) is 8.24. The van der Waals surface area contributed by atoms with Gasteiger partial charge in [0.25, 0.3) is 5.56 Å². The second kappa shape index (κ2) is 9.23. The van der Waals surface area contributed by atoms with E-state index in [0.717, 1.165) is 70.9 Å². The fraction of sp³-hybridized carbons (Fsp3) is 0.393. The molecule has 0 saturated carbocycles. The van der Waals surface area contributed by atoms with Crippen LogP contribution in [-0.4, -0.2) is 58.8 Å². The van der Waals surface area contributed by atoms with Crippen molar-refractivity contribution in [2.75, 3.05) is 43.2 Å². The molecule has 2 aliphatic rings. The van der Waals surface area contributed by atoms with Crippen LogP contribution in [0.2, 0.25) is 0 Å². The highest BCUT2D eigenvalue weighted by molar-refractivity contribution is 5.98. The molecule has 9 heteroatoms. The van der Waals surface area contributed by atoms with Crippen LogP contribution in [0, 0.1) is 6.92 Å². The molecule has 0 N–H and O–H groups in total. The Morgan fingerprint density at radius 3 is 2.54 bits per heavy atom. The first-order valence-corrected chi connectivity index (χ1v) is 12.8. The Morgan fingerprint density at radius 1 is 0.973 bits per heavy atom. The van der Waals surface area contributed by atoms with E-state index < -0.39 is 0 Å². The summed E-state index contributed by atoms with van der Waals surface area (Å²) in [4.78, 5) is 22.2. The van der Waals surface area contributed by atoms with E-state index in [2.05, 4.69) is 34.1 Å². The van der Waals surface area contributed by atoms with Crippen molar-refractivity contribution in [3.8, 4) is 17.0 Å². The smallest absolute Gasteiger partial charge is 0.253 e. The van der Waals surface area contributed by atoms with Gasteiger partial charge in [0.05, 0.1) is 53.9 Å². The monoisotopic (exact) mass is 500 g/mol. The van der Waals surface area contributed by atoms with E-state index in [-0.39, 0.29) is 11.7 Å². The van der Waals surface area contributed by atoms with Gasteiger partial charge in [-0.1, -0.05) is 0 Å². The number of hydrogen-bond acceptors (Lipinski definition) is 7. The Labute approximate surface area is 215 Å². The lowest BCUT2D eigenvalue weighted by molar-refractivity contribution is 0.0256. The molecule has 0 unspecified atom stereocenters. The average Bonchev–Trinajstić information content (AvgIpc) is 3.35. The van der Waals surface area contributed by atoms with Gasteiger partial charge in [0.15, 0.2) is 0 Å².